The molecule has 1 aromatic heterocycles. The van der Waals surface area contributed by atoms with Crippen molar-refractivity contribution in [3.05, 3.63) is 56.8 Å². The summed E-state index contributed by atoms with van der Waals surface area (Å²) in [6.07, 6.45) is 7.50. The van der Waals surface area contributed by atoms with Gasteiger partial charge in [-0.15, -0.1) is 11.3 Å². The highest BCUT2D eigenvalue weighted by Gasteiger charge is 2.32. The van der Waals surface area contributed by atoms with E-state index in [2.05, 4.69) is 27.3 Å². The number of likely N-dealkylation sites (tertiary alicyclic amines) is 2. The summed E-state index contributed by atoms with van der Waals surface area (Å²) in [5.74, 6) is 0.0562. The van der Waals surface area contributed by atoms with Crippen molar-refractivity contribution in [2.24, 2.45) is 0 Å². The topological polar surface area (TPSA) is 53.0 Å². The molecule has 0 spiro atoms. The van der Waals surface area contributed by atoms with Gasteiger partial charge in [0.1, 0.15) is 12.4 Å². The van der Waals surface area contributed by atoms with E-state index in [1.165, 1.54) is 73.4 Å². The largest absolute Gasteiger partial charge is 0.488 e. The Balaban J connectivity index is 1.37. The average Bonchev–Trinajstić information content (AvgIpc) is 3.27. The van der Waals surface area contributed by atoms with E-state index in [4.69, 9.17) is 4.74 Å². The van der Waals surface area contributed by atoms with Crippen molar-refractivity contribution in [3.63, 3.8) is 0 Å². The Hall–Kier alpha value is -2.15. The van der Waals surface area contributed by atoms with Gasteiger partial charge in [0.2, 0.25) is 0 Å². The standard InChI is InChI=1S/C29H38N2O3S/c1-29(2,28(32)33)23-7-8-25-24(19-23)26(27-22(20-34-25)11-18-35-27)21-9-16-31(17-10-21)15-6-14-30-12-4-3-5-13-30/h7-8,11,18-19H,3-6,9-10,12-17,20H2,1-2H3,(H,32,33). The number of thiophene rings is 1. The molecule has 5 nitrogen and oxygen atoms in total. The lowest BCUT2D eigenvalue weighted by atomic mass is 9.82. The van der Waals surface area contributed by atoms with Gasteiger partial charge in [-0.1, -0.05) is 18.1 Å². The van der Waals surface area contributed by atoms with Crippen molar-refractivity contribution in [1.29, 1.82) is 0 Å². The molecule has 0 bridgehead atoms. The zero-order chi connectivity index (χ0) is 24.4. The molecular formula is C29H38N2O3S. The fourth-order valence-corrected chi connectivity index (χ4v) is 6.68. The lowest BCUT2D eigenvalue weighted by molar-refractivity contribution is -0.142. The Morgan fingerprint density at radius 1 is 1.03 bits per heavy atom. The zero-order valence-electron chi connectivity index (χ0n) is 21.1. The van der Waals surface area contributed by atoms with Crippen molar-refractivity contribution in [2.75, 3.05) is 39.3 Å². The van der Waals surface area contributed by atoms with Crippen LogP contribution in [-0.4, -0.2) is 60.1 Å². The molecule has 0 radical (unpaired) electrons. The minimum atomic E-state index is -0.951. The van der Waals surface area contributed by atoms with Crippen molar-refractivity contribution >= 4 is 22.9 Å². The Morgan fingerprint density at radius 3 is 2.46 bits per heavy atom. The third-order valence-corrected chi connectivity index (χ3v) is 9.05. The fourth-order valence-electron chi connectivity index (χ4n) is 5.66. The molecule has 0 amide bonds. The second-order valence-corrected chi connectivity index (χ2v) is 11.7. The lowest BCUT2D eigenvalue weighted by Crippen LogP contribution is -2.35. The van der Waals surface area contributed by atoms with Crippen LogP contribution in [0.2, 0.25) is 0 Å². The van der Waals surface area contributed by atoms with Crippen LogP contribution >= 0.6 is 11.3 Å². The summed E-state index contributed by atoms with van der Waals surface area (Å²) in [4.78, 5) is 18.5. The first kappa shape index (κ1) is 24.5. The number of fused-ring (bicyclic) bond motifs is 2. The smallest absolute Gasteiger partial charge is 0.313 e. The molecule has 0 aliphatic carbocycles. The average molecular weight is 495 g/mol. The molecule has 2 saturated heterocycles. The van der Waals surface area contributed by atoms with E-state index in [9.17, 15) is 9.90 Å². The van der Waals surface area contributed by atoms with Gasteiger partial charge in [-0.3, -0.25) is 4.79 Å². The summed E-state index contributed by atoms with van der Waals surface area (Å²) in [5, 5.41) is 12.0. The van der Waals surface area contributed by atoms with Crippen molar-refractivity contribution in [3.8, 4) is 5.75 Å². The number of carboxylic acids is 1. The Labute approximate surface area is 213 Å². The van der Waals surface area contributed by atoms with Crippen LogP contribution in [0, 0.1) is 0 Å². The highest BCUT2D eigenvalue weighted by Crippen LogP contribution is 2.44. The molecule has 0 saturated carbocycles. The van der Waals surface area contributed by atoms with Crippen molar-refractivity contribution in [2.45, 2.75) is 64.4 Å². The van der Waals surface area contributed by atoms with Crippen molar-refractivity contribution < 1.29 is 14.6 Å². The van der Waals surface area contributed by atoms with Crippen LogP contribution in [0.3, 0.4) is 0 Å². The Kier molecular flexibility index (Phi) is 7.33. The normalized spacial score (nSPS) is 19.6. The van der Waals surface area contributed by atoms with E-state index in [1.54, 1.807) is 25.2 Å². The predicted octanol–water partition coefficient (Wildman–Crippen LogP) is 5.78. The van der Waals surface area contributed by atoms with Crippen LogP contribution < -0.4 is 4.74 Å². The number of piperidine rings is 2. The maximum atomic E-state index is 12.0. The molecule has 6 heteroatoms. The number of rotatable bonds is 6. The molecule has 5 rings (SSSR count). The maximum Gasteiger partial charge on any atom is 0.313 e. The predicted molar refractivity (Wildman–Crippen MR) is 142 cm³/mol. The number of benzene rings is 1. The van der Waals surface area contributed by atoms with Gasteiger partial charge in [0.25, 0.3) is 0 Å². The quantitative estimate of drug-likeness (QED) is 0.552. The first-order valence-corrected chi connectivity index (χ1v) is 14.1. The lowest BCUT2D eigenvalue weighted by Gasteiger charge is -2.32. The maximum absolute atomic E-state index is 12.0. The molecule has 4 heterocycles. The summed E-state index contributed by atoms with van der Waals surface area (Å²) < 4.78 is 6.22. The summed E-state index contributed by atoms with van der Waals surface area (Å²) in [6.45, 7) is 11.3. The van der Waals surface area contributed by atoms with Crippen LogP contribution in [0.4, 0.5) is 0 Å². The SMILES string of the molecule is CC(C)(C(=O)O)c1ccc2c(c1)C(=C1CCN(CCCN3CCCCC3)CC1)c1sccc1CO2. The molecule has 0 atom stereocenters. The summed E-state index contributed by atoms with van der Waals surface area (Å²) >= 11 is 1.78. The van der Waals surface area contributed by atoms with Gasteiger partial charge in [-0.25, -0.2) is 0 Å². The first-order valence-electron chi connectivity index (χ1n) is 13.2. The number of ether oxygens (including phenoxy) is 1. The van der Waals surface area contributed by atoms with Gasteiger partial charge < -0.3 is 19.6 Å². The summed E-state index contributed by atoms with van der Waals surface area (Å²) in [7, 11) is 0. The van der Waals surface area contributed by atoms with E-state index in [0.717, 1.165) is 42.8 Å². The van der Waals surface area contributed by atoms with Gasteiger partial charge in [0.05, 0.1) is 5.41 Å². The van der Waals surface area contributed by atoms with Crippen molar-refractivity contribution in [1.82, 2.24) is 9.80 Å². The summed E-state index contributed by atoms with van der Waals surface area (Å²) in [5.41, 5.74) is 4.94. The second-order valence-electron chi connectivity index (χ2n) is 10.8. The number of hydrogen-bond donors (Lipinski definition) is 1. The molecule has 0 unspecified atom stereocenters. The van der Waals surface area contributed by atoms with E-state index >= 15 is 0 Å². The van der Waals surface area contributed by atoms with E-state index in [-0.39, 0.29) is 0 Å². The molecule has 3 aliphatic heterocycles. The molecule has 1 N–H and O–H groups in total. The molecule has 2 fully saturated rings. The molecular weight excluding hydrogens is 456 g/mol. The van der Waals surface area contributed by atoms with Gasteiger partial charge in [0.15, 0.2) is 0 Å². The van der Waals surface area contributed by atoms with Gasteiger partial charge in [-0.2, -0.15) is 0 Å². The third-order valence-electron chi connectivity index (χ3n) is 8.07. The molecule has 3 aliphatic rings. The number of hydrogen-bond acceptors (Lipinski definition) is 5. The Morgan fingerprint density at radius 2 is 1.74 bits per heavy atom. The van der Waals surface area contributed by atoms with Crippen LogP contribution in [0.5, 0.6) is 5.75 Å². The zero-order valence-corrected chi connectivity index (χ0v) is 22.0. The highest BCUT2D eigenvalue weighted by molar-refractivity contribution is 7.11. The molecule has 35 heavy (non-hydrogen) atoms. The van der Waals surface area contributed by atoms with Crippen LogP contribution in [0.15, 0.2) is 35.2 Å². The molecule has 2 aromatic rings. The third kappa shape index (κ3) is 5.20. The fraction of sp³-hybridized carbons (Fsp3) is 0.552. The minimum Gasteiger partial charge on any atom is -0.488 e. The number of nitrogens with zero attached hydrogens (tertiary/aromatic N) is 2. The van der Waals surface area contributed by atoms with Gasteiger partial charge in [0, 0.05) is 34.7 Å². The first-order chi connectivity index (χ1) is 16.9. The minimum absolute atomic E-state index is 0.562. The van der Waals surface area contributed by atoms with Crippen LogP contribution in [0.1, 0.15) is 73.9 Å². The van der Waals surface area contributed by atoms with E-state index < -0.39 is 11.4 Å². The van der Waals surface area contributed by atoms with E-state index in [0.29, 0.717) is 6.61 Å². The van der Waals surface area contributed by atoms with Gasteiger partial charge in [-0.05, 0) is 101 Å². The van der Waals surface area contributed by atoms with Crippen LogP contribution in [-0.2, 0) is 16.8 Å². The number of carboxylic acid groups (broad SMARTS) is 1. The monoisotopic (exact) mass is 494 g/mol. The second kappa shape index (κ2) is 10.5. The van der Waals surface area contributed by atoms with E-state index in [1.807, 2.05) is 12.1 Å². The molecule has 1 aromatic carbocycles. The molecule has 188 valence electrons. The Bertz CT molecular complexity index is 1090. The number of aliphatic carboxylic acids is 1. The highest BCUT2D eigenvalue weighted by atomic mass is 32.1. The van der Waals surface area contributed by atoms with Crippen LogP contribution in [0.25, 0.3) is 5.57 Å². The number of carbonyl (C=O) groups is 1. The summed E-state index contributed by atoms with van der Waals surface area (Å²) in [6, 6.07) is 8.14. The van der Waals surface area contributed by atoms with Gasteiger partial charge >= 0.3 is 5.97 Å².